The number of piperazine rings is 1. The quantitative estimate of drug-likeness (QED) is 0.0655. The number of benzene rings is 2. The van der Waals surface area contributed by atoms with Crippen LogP contribution < -0.4 is 19.7 Å². The number of thiophene rings is 1. The first kappa shape index (κ1) is 50.1. The van der Waals surface area contributed by atoms with E-state index in [0.29, 0.717) is 37.3 Å². The van der Waals surface area contributed by atoms with Crippen LogP contribution in [0.15, 0.2) is 82.8 Å². The van der Waals surface area contributed by atoms with Gasteiger partial charge in [-0.1, -0.05) is 19.4 Å². The molecule has 4 fully saturated rings. The standard InChI is InChI=1S/C52H65N9O9S2/c1-52(2)11-7-38(45(29-52)49-25-36(35-71-49)32-57-13-9-39(10-14-57)60-19-21-67-22-20-60)33-58-15-17-59(18-16-58)40-3-5-44(48(27-40)70-41-26-37-8-12-53-50(37)55-30-41)51(62)56-72(65,66)43-4-6-46(47(28-43)61(63)64)54-31-42-34-68-23-24-69-42/h3-6,8,12,25-28,30,35,39,42,54H,7,9-11,13-24,29,31-34H2,1-2H3,(H,53,55)(H,56,62). The zero-order valence-electron chi connectivity index (χ0n) is 41.1. The summed E-state index contributed by atoms with van der Waals surface area (Å²) < 4.78 is 52.6. The molecule has 1 amide bonds. The fourth-order valence-electron chi connectivity index (χ4n) is 10.6. The number of nitro groups is 1. The molecule has 4 saturated heterocycles. The van der Waals surface area contributed by atoms with Crippen LogP contribution in [-0.4, -0.2) is 155 Å². The van der Waals surface area contributed by atoms with E-state index >= 15 is 0 Å². The number of hydrogen-bond acceptors (Lipinski definition) is 16. The Morgan fingerprint density at radius 2 is 1.75 bits per heavy atom. The number of H-pyrrole nitrogens is 1. The third-order valence-corrected chi connectivity index (χ3v) is 17.1. The molecule has 4 aliphatic heterocycles. The molecule has 0 saturated carbocycles. The maximum Gasteiger partial charge on any atom is 0.293 e. The molecule has 1 unspecified atom stereocenters. The number of carbonyl (C=O) groups is 1. The minimum atomic E-state index is -4.59. The summed E-state index contributed by atoms with van der Waals surface area (Å²) in [5, 5.41) is 18.3. The fraction of sp³-hybridized carbons (Fsp3) is 0.500. The summed E-state index contributed by atoms with van der Waals surface area (Å²) in [6.07, 6.45) is 8.74. The molecule has 20 heteroatoms. The fourth-order valence-corrected chi connectivity index (χ4v) is 12.6. The van der Waals surface area contributed by atoms with Crippen molar-refractivity contribution in [1.82, 2.24) is 29.4 Å². The predicted molar refractivity (Wildman–Crippen MR) is 278 cm³/mol. The van der Waals surface area contributed by atoms with Gasteiger partial charge in [-0.05, 0) is 110 Å². The van der Waals surface area contributed by atoms with Gasteiger partial charge in [-0.2, -0.15) is 0 Å². The van der Waals surface area contributed by atoms with Crippen LogP contribution in [0.25, 0.3) is 16.6 Å². The molecule has 72 heavy (non-hydrogen) atoms. The van der Waals surface area contributed by atoms with Crippen LogP contribution >= 0.6 is 11.3 Å². The van der Waals surface area contributed by atoms with Crippen molar-refractivity contribution in [1.29, 1.82) is 0 Å². The molecule has 3 aromatic heterocycles. The highest BCUT2D eigenvalue weighted by Gasteiger charge is 2.32. The van der Waals surface area contributed by atoms with E-state index in [1.54, 1.807) is 36.0 Å². The lowest BCUT2D eigenvalue weighted by Gasteiger charge is -2.40. The number of anilines is 2. The normalized spacial score (nSPS) is 21.0. The molecule has 10 rings (SSSR count). The predicted octanol–water partition coefficient (Wildman–Crippen LogP) is 7.35. The summed E-state index contributed by atoms with van der Waals surface area (Å²) in [4.78, 5) is 44.0. The van der Waals surface area contributed by atoms with Crippen LogP contribution in [0, 0.1) is 15.5 Å². The number of ether oxygens (including phenoxy) is 4. The van der Waals surface area contributed by atoms with Crippen molar-refractivity contribution in [2.45, 2.75) is 69.5 Å². The number of nitrogens with one attached hydrogen (secondary N) is 3. The molecule has 2 aromatic carbocycles. The van der Waals surface area contributed by atoms with E-state index < -0.39 is 31.4 Å². The van der Waals surface area contributed by atoms with Gasteiger partial charge in [-0.15, -0.1) is 11.3 Å². The molecule has 0 spiro atoms. The molecule has 384 valence electrons. The Hall–Kier alpha value is -5.45. The van der Waals surface area contributed by atoms with Gasteiger partial charge < -0.3 is 34.1 Å². The maximum absolute atomic E-state index is 14.0. The van der Waals surface area contributed by atoms with E-state index in [4.69, 9.17) is 18.9 Å². The number of aromatic nitrogens is 2. The third kappa shape index (κ3) is 12.0. The van der Waals surface area contributed by atoms with Gasteiger partial charge in [0, 0.05) is 99.2 Å². The van der Waals surface area contributed by atoms with Gasteiger partial charge in [-0.3, -0.25) is 29.6 Å². The number of allylic oxidation sites excluding steroid dienone is 1. The first-order valence-electron chi connectivity index (χ1n) is 25.2. The number of likely N-dealkylation sites (tertiary alicyclic amines) is 1. The van der Waals surface area contributed by atoms with E-state index in [-0.39, 0.29) is 35.1 Å². The molecule has 5 aliphatic rings. The van der Waals surface area contributed by atoms with Gasteiger partial charge in [0.25, 0.3) is 21.6 Å². The number of carbonyl (C=O) groups excluding carboxylic acids is 1. The number of piperidine rings is 1. The summed E-state index contributed by atoms with van der Waals surface area (Å²) in [6.45, 7) is 17.4. The van der Waals surface area contributed by atoms with Crippen LogP contribution in [0.1, 0.15) is 66.8 Å². The number of nitrogens with zero attached hydrogens (tertiary/aromatic N) is 6. The van der Waals surface area contributed by atoms with Crippen LogP contribution in [0.2, 0.25) is 0 Å². The van der Waals surface area contributed by atoms with Crippen molar-refractivity contribution in [3.63, 3.8) is 0 Å². The summed E-state index contributed by atoms with van der Waals surface area (Å²) >= 11 is 1.90. The van der Waals surface area contributed by atoms with E-state index in [9.17, 15) is 23.3 Å². The first-order valence-corrected chi connectivity index (χ1v) is 27.5. The van der Waals surface area contributed by atoms with E-state index in [1.165, 1.54) is 47.2 Å². The highest BCUT2D eigenvalue weighted by atomic mass is 32.2. The highest BCUT2D eigenvalue weighted by Crippen LogP contribution is 2.45. The number of fused-ring (bicyclic) bond motifs is 1. The second kappa shape index (κ2) is 21.9. The lowest BCUT2D eigenvalue weighted by Crippen LogP contribution is -2.48. The maximum atomic E-state index is 14.0. The molecule has 5 aromatic rings. The smallest absolute Gasteiger partial charge is 0.293 e. The number of nitro benzene ring substituents is 1. The van der Waals surface area contributed by atoms with Crippen molar-refractivity contribution in [3.05, 3.63) is 104 Å². The molecule has 0 bridgehead atoms. The minimum absolute atomic E-state index is 0.0395. The largest absolute Gasteiger partial charge is 0.455 e. The van der Waals surface area contributed by atoms with Gasteiger partial charge in [0.1, 0.15) is 22.8 Å². The number of aromatic amines is 1. The third-order valence-electron chi connectivity index (χ3n) is 14.7. The Kier molecular flexibility index (Phi) is 15.3. The molecule has 7 heterocycles. The second-order valence-electron chi connectivity index (χ2n) is 20.3. The van der Waals surface area contributed by atoms with E-state index in [2.05, 4.69) is 64.9 Å². The molecule has 1 atom stereocenters. The average molecular weight is 1020 g/mol. The molecular formula is C52H65N9O9S2. The van der Waals surface area contributed by atoms with E-state index in [0.717, 1.165) is 115 Å². The van der Waals surface area contributed by atoms with Crippen molar-refractivity contribution >= 4 is 60.9 Å². The lowest BCUT2D eigenvalue weighted by atomic mass is 9.73. The van der Waals surface area contributed by atoms with Gasteiger partial charge in [-0.25, -0.2) is 18.1 Å². The lowest BCUT2D eigenvalue weighted by molar-refractivity contribution is -0.384. The van der Waals surface area contributed by atoms with Gasteiger partial charge >= 0.3 is 0 Å². The Morgan fingerprint density at radius 1 is 0.944 bits per heavy atom. The van der Waals surface area contributed by atoms with Crippen LogP contribution in [0.3, 0.4) is 0 Å². The molecule has 3 N–H and O–H groups in total. The van der Waals surface area contributed by atoms with Crippen LogP contribution in [-0.2, 0) is 30.8 Å². The first-order chi connectivity index (χ1) is 34.8. The number of pyridine rings is 1. The van der Waals surface area contributed by atoms with Crippen LogP contribution in [0.5, 0.6) is 11.5 Å². The summed E-state index contributed by atoms with van der Waals surface area (Å²) in [5.74, 6) is -0.476. The summed E-state index contributed by atoms with van der Waals surface area (Å²) in [7, 11) is -4.59. The topological polar surface area (TPSA) is 197 Å². The van der Waals surface area contributed by atoms with Crippen molar-refractivity contribution in [2.24, 2.45) is 5.41 Å². The number of rotatable bonds is 16. The molecule has 18 nitrogen and oxygen atoms in total. The zero-order valence-corrected chi connectivity index (χ0v) is 42.7. The van der Waals surface area contributed by atoms with Crippen LogP contribution in [0.4, 0.5) is 17.1 Å². The molecular weight excluding hydrogens is 959 g/mol. The number of morpholine rings is 1. The SMILES string of the molecule is CC1(C)CCC(CN2CCN(c3ccc(C(=O)NS(=O)(=O)c4ccc(NCC5COCCO5)c([N+](=O)[O-])c4)c(Oc4cnc5[nH]ccc5c4)c3)CC2)=C(c2cc(CN3CCC(N4CCOCC4)CC3)cs2)C1. The van der Waals surface area contributed by atoms with Crippen molar-refractivity contribution in [3.8, 4) is 11.5 Å². The second-order valence-corrected chi connectivity index (χ2v) is 22.9. The monoisotopic (exact) mass is 1020 g/mol. The van der Waals surface area contributed by atoms with Gasteiger partial charge in [0.05, 0.1) is 60.7 Å². The number of hydrogen-bond donors (Lipinski definition) is 3. The number of amides is 1. The van der Waals surface area contributed by atoms with Gasteiger partial charge in [0.2, 0.25) is 0 Å². The summed E-state index contributed by atoms with van der Waals surface area (Å²) in [5.41, 5.74) is 5.79. The average Bonchev–Trinajstić information content (AvgIpc) is 4.07. The van der Waals surface area contributed by atoms with E-state index in [1.807, 2.05) is 17.4 Å². The number of sulfonamides is 1. The Morgan fingerprint density at radius 3 is 2.53 bits per heavy atom. The van der Waals surface area contributed by atoms with Crippen molar-refractivity contribution in [2.75, 3.05) is 109 Å². The van der Waals surface area contributed by atoms with Crippen molar-refractivity contribution < 1.29 is 37.1 Å². The highest BCUT2D eigenvalue weighted by molar-refractivity contribution is 7.90. The molecule has 1 aliphatic carbocycles. The Bertz CT molecular complexity index is 2880. The Balaban J connectivity index is 0.816. The minimum Gasteiger partial charge on any atom is -0.455 e. The Labute approximate surface area is 424 Å². The van der Waals surface area contributed by atoms with Gasteiger partial charge in [0.15, 0.2) is 0 Å². The zero-order chi connectivity index (χ0) is 49.8. The summed E-state index contributed by atoms with van der Waals surface area (Å²) in [6, 6.07) is 15.3. The molecule has 0 radical (unpaired) electrons.